The summed E-state index contributed by atoms with van der Waals surface area (Å²) in [6, 6.07) is 3.35. The van der Waals surface area contributed by atoms with Gasteiger partial charge in [-0.15, -0.1) is 8.80 Å². The van der Waals surface area contributed by atoms with Gasteiger partial charge in [-0.25, -0.2) is 13.0 Å². The van der Waals surface area contributed by atoms with Gasteiger partial charge in [-0.1, -0.05) is 0 Å². The smallest absolute Gasteiger partial charge is 0.269 e. The molecule has 0 saturated heterocycles. The number of anilines is 1. The Morgan fingerprint density at radius 1 is 1.22 bits per heavy atom. The van der Waals surface area contributed by atoms with Crippen molar-refractivity contribution in [1.29, 1.82) is 0 Å². The molecule has 8 heteroatoms. The molecule has 1 aromatic carbocycles. The van der Waals surface area contributed by atoms with Crippen LogP contribution in [0.2, 0.25) is 0 Å². The van der Waals surface area contributed by atoms with Crippen LogP contribution in [0.4, 0.5) is 14.5 Å². The van der Waals surface area contributed by atoms with E-state index in [-0.39, 0.29) is 5.84 Å². The number of halogens is 2. The number of hydrogen-bond acceptors (Lipinski definition) is 3. The first-order chi connectivity index (χ1) is 8.47. The van der Waals surface area contributed by atoms with Crippen molar-refractivity contribution in [2.75, 3.05) is 19.4 Å². The van der Waals surface area contributed by atoms with Gasteiger partial charge in [0.15, 0.2) is 23.3 Å². The summed E-state index contributed by atoms with van der Waals surface area (Å²) in [5.41, 5.74) is 0.307. The van der Waals surface area contributed by atoms with Gasteiger partial charge >= 0.3 is 0 Å². The van der Waals surface area contributed by atoms with Crippen molar-refractivity contribution in [3.05, 3.63) is 29.8 Å². The van der Waals surface area contributed by atoms with Crippen LogP contribution < -0.4 is 5.32 Å². The van der Waals surface area contributed by atoms with Gasteiger partial charge in [0, 0.05) is 25.8 Å². The molecule has 1 aliphatic heterocycles. The topological polar surface area (TPSA) is 57.1 Å². The zero-order valence-electron chi connectivity index (χ0n) is 9.65. The third-order valence-corrected chi connectivity index (χ3v) is 2.82. The Morgan fingerprint density at radius 3 is 2.56 bits per heavy atom. The van der Waals surface area contributed by atoms with Crippen molar-refractivity contribution in [2.45, 2.75) is 0 Å². The average Bonchev–Trinajstić information content (AvgIpc) is 2.65. The lowest BCUT2D eigenvalue weighted by atomic mass is 10.3. The normalized spacial score (nSPS) is 18.3. The largest absolute Gasteiger partial charge is 0.359 e. The molecule has 0 aromatic heterocycles. The SMILES string of the molecule is CN(C)C1=NS(=O)N=C1Nc1ccc(F)c(F)c1. The summed E-state index contributed by atoms with van der Waals surface area (Å²) in [5.74, 6) is -1.26. The number of nitrogens with one attached hydrogen (secondary N) is 1. The van der Waals surface area contributed by atoms with E-state index in [1.807, 2.05) is 0 Å². The second-order valence-electron chi connectivity index (χ2n) is 3.73. The Morgan fingerprint density at radius 2 is 1.94 bits per heavy atom. The molecule has 1 unspecified atom stereocenters. The van der Waals surface area contributed by atoms with Crippen molar-refractivity contribution in [2.24, 2.45) is 8.80 Å². The fourth-order valence-corrected chi connectivity index (χ4v) is 2.06. The van der Waals surface area contributed by atoms with Crippen LogP contribution in [0, 0.1) is 11.6 Å². The number of amidine groups is 2. The van der Waals surface area contributed by atoms with Crippen LogP contribution >= 0.6 is 0 Å². The maximum Gasteiger partial charge on any atom is 0.269 e. The number of nitrogens with zero attached hydrogens (tertiary/aromatic N) is 3. The standard InChI is InChI=1S/C10H10F2N4OS/c1-16(2)10-9(14-18(17)15-10)13-6-3-4-7(11)8(12)5-6/h3-5H,1-2H3,(H,13,14). The molecule has 0 amide bonds. The molecule has 0 spiro atoms. The van der Waals surface area contributed by atoms with Crippen LogP contribution in [-0.4, -0.2) is 34.9 Å². The van der Waals surface area contributed by atoms with Gasteiger partial charge in [-0.2, -0.15) is 0 Å². The Bertz CT molecular complexity index is 571. The van der Waals surface area contributed by atoms with E-state index in [0.717, 1.165) is 12.1 Å². The van der Waals surface area contributed by atoms with Gasteiger partial charge in [-0.05, 0) is 12.1 Å². The van der Waals surface area contributed by atoms with Crippen LogP contribution in [0.15, 0.2) is 27.0 Å². The first kappa shape index (κ1) is 12.6. The molecule has 0 aliphatic carbocycles. The van der Waals surface area contributed by atoms with E-state index in [2.05, 4.69) is 14.1 Å². The highest BCUT2D eigenvalue weighted by molar-refractivity contribution is 7.83. The van der Waals surface area contributed by atoms with Crippen LogP contribution in [0.3, 0.4) is 0 Å². The van der Waals surface area contributed by atoms with Crippen molar-refractivity contribution in [3.63, 3.8) is 0 Å². The molecule has 18 heavy (non-hydrogen) atoms. The molecule has 96 valence electrons. The highest BCUT2D eigenvalue weighted by Gasteiger charge is 2.21. The quantitative estimate of drug-likeness (QED) is 0.839. The molecule has 1 N–H and O–H groups in total. The van der Waals surface area contributed by atoms with Gasteiger partial charge < -0.3 is 10.2 Å². The molecule has 2 rings (SSSR count). The van der Waals surface area contributed by atoms with E-state index in [1.54, 1.807) is 19.0 Å². The van der Waals surface area contributed by atoms with Crippen LogP contribution in [0.1, 0.15) is 0 Å². The summed E-state index contributed by atoms with van der Waals surface area (Å²) in [4.78, 5) is 1.62. The Hall–Kier alpha value is -1.83. The molecular weight excluding hydrogens is 262 g/mol. The van der Waals surface area contributed by atoms with Crippen LogP contribution in [0.25, 0.3) is 0 Å². The summed E-state index contributed by atoms with van der Waals surface area (Å²) < 4.78 is 44.6. The van der Waals surface area contributed by atoms with E-state index in [4.69, 9.17) is 0 Å². The third kappa shape index (κ3) is 2.53. The van der Waals surface area contributed by atoms with E-state index >= 15 is 0 Å². The van der Waals surface area contributed by atoms with Crippen molar-refractivity contribution < 1.29 is 13.0 Å². The minimum Gasteiger partial charge on any atom is -0.359 e. The molecule has 1 atom stereocenters. The van der Waals surface area contributed by atoms with Gasteiger partial charge in [-0.3, -0.25) is 0 Å². The molecule has 1 aliphatic rings. The second kappa shape index (κ2) is 4.81. The van der Waals surface area contributed by atoms with Crippen molar-refractivity contribution >= 4 is 28.5 Å². The van der Waals surface area contributed by atoms with Gasteiger partial charge in [0.25, 0.3) is 11.2 Å². The van der Waals surface area contributed by atoms with Gasteiger partial charge in [0.2, 0.25) is 0 Å². The van der Waals surface area contributed by atoms with Crippen LogP contribution in [-0.2, 0) is 11.2 Å². The Balaban J connectivity index is 2.24. The molecule has 5 nitrogen and oxygen atoms in total. The molecule has 0 radical (unpaired) electrons. The van der Waals surface area contributed by atoms with Crippen molar-refractivity contribution in [3.8, 4) is 0 Å². The highest BCUT2D eigenvalue weighted by atomic mass is 32.2. The lowest BCUT2D eigenvalue weighted by molar-refractivity contribution is 0.509. The highest BCUT2D eigenvalue weighted by Crippen LogP contribution is 2.15. The molecular formula is C10H10F2N4OS. The summed E-state index contributed by atoms with van der Waals surface area (Å²) in [6.07, 6.45) is 0. The zero-order chi connectivity index (χ0) is 13.3. The summed E-state index contributed by atoms with van der Waals surface area (Å²) in [5, 5.41) is 2.75. The van der Waals surface area contributed by atoms with E-state index in [1.165, 1.54) is 6.07 Å². The molecule has 0 bridgehead atoms. The monoisotopic (exact) mass is 272 g/mol. The number of hydrogen-bond donors (Lipinski definition) is 1. The number of rotatable bonds is 1. The lowest BCUT2D eigenvalue weighted by Crippen LogP contribution is -2.32. The second-order valence-corrected chi connectivity index (χ2v) is 4.56. The summed E-state index contributed by atoms with van der Waals surface area (Å²) in [7, 11) is 3.42. The van der Waals surface area contributed by atoms with Gasteiger partial charge in [0.05, 0.1) is 0 Å². The Labute approximate surface area is 105 Å². The summed E-state index contributed by atoms with van der Waals surface area (Å²) in [6.45, 7) is 0. The van der Waals surface area contributed by atoms with E-state index in [0.29, 0.717) is 11.5 Å². The average molecular weight is 272 g/mol. The predicted molar refractivity (Wildman–Crippen MR) is 66.7 cm³/mol. The summed E-state index contributed by atoms with van der Waals surface area (Å²) >= 11 is -1.68. The number of benzene rings is 1. The maximum atomic E-state index is 13.0. The van der Waals surface area contributed by atoms with E-state index in [9.17, 15) is 13.0 Å². The maximum absolute atomic E-state index is 13.0. The van der Waals surface area contributed by atoms with E-state index < -0.39 is 22.8 Å². The fourth-order valence-electron chi connectivity index (χ4n) is 1.34. The lowest BCUT2D eigenvalue weighted by Gasteiger charge is -2.14. The minimum absolute atomic E-state index is 0.254. The zero-order valence-corrected chi connectivity index (χ0v) is 10.5. The fraction of sp³-hybridized carbons (Fsp3) is 0.200. The Kier molecular flexibility index (Phi) is 3.37. The molecule has 0 saturated carbocycles. The minimum atomic E-state index is -1.68. The molecule has 0 fully saturated rings. The van der Waals surface area contributed by atoms with Crippen LogP contribution in [0.5, 0.6) is 0 Å². The molecule has 1 heterocycles. The van der Waals surface area contributed by atoms with Gasteiger partial charge in [0.1, 0.15) is 0 Å². The predicted octanol–water partition coefficient (Wildman–Crippen LogP) is 1.33. The molecule has 1 aromatic rings. The third-order valence-electron chi connectivity index (χ3n) is 2.15. The number of likely N-dealkylation sites (N-methyl/N-ethyl adjacent to an activating group) is 1. The first-order valence-electron chi connectivity index (χ1n) is 4.96. The first-order valence-corrected chi connectivity index (χ1v) is 6.03. The van der Waals surface area contributed by atoms with Crippen molar-refractivity contribution in [1.82, 2.24) is 4.90 Å².